The van der Waals surface area contributed by atoms with Crippen LogP contribution in [0.5, 0.6) is 11.5 Å². The quantitative estimate of drug-likeness (QED) is 0.460. The number of para-hydroxylation sites is 1. The minimum Gasteiger partial charge on any atom is -0.493 e. The van der Waals surface area contributed by atoms with Crippen LogP contribution >= 0.6 is 11.3 Å². The highest BCUT2D eigenvalue weighted by Gasteiger charge is 2.25. The highest BCUT2D eigenvalue weighted by Crippen LogP contribution is 2.33. The number of amides is 1. The minimum absolute atomic E-state index is 0.150. The molecule has 0 bridgehead atoms. The van der Waals surface area contributed by atoms with E-state index in [2.05, 4.69) is 10.3 Å². The molecule has 1 aliphatic rings. The lowest BCUT2D eigenvalue weighted by atomic mass is 10.1. The van der Waals surface area contributed by atoms with Crippen LogP contribution in [0.25, 0.3) is 6.08 Å². The van der Waals surface area contributed by atoms with Crippen molar-refractivity contribution in [3.05, 3.63) is 81.7 Å². The third-order valence-electron chi connectivity index (χ3n) is 4.48. The summed E-state index contributed by atoms with van der Waals surface area (Å²) in [6.45, 7) is 0. The Hall–Kier alpha value is -3.91. The number of hydrogen-bond acceptors (Lipinski definition) is 7. The van der Waals surface area contributed by atoms with Crippen molar-refractivity contribution in [2.24, 2.45) is 4.99 Å². The van der Waals surface area contributed by atoms with Gasteiger partial charge in [-0.1, -0.05) is 18.2 Å². The Morgan fingerprint density at radius 2 is 1.87 bits per heavy atom. The van der Waals surface area contributed by atoms with E-state index in [4.69, 9.17) is 14.2 Å². The average molecular weight is 434 g/mol. The summed E-state index contributed by atoms with van der Waals surface area (Å²) >= 11 is 1.37. The van der Waals surface area contributed by atoms with E-state index in [-0.39, 0.29) is 17.5 Å². The molecule has 1 amide bonds. The summed E-state index contributed by atoms with van der Waals surface area (Å²) < 4.78 is 16.0. The third-order valence-corrected chi connectivity index (χ3v) is 5.35. The standard InChI is InChI=1S/C23H18N2O5S/c1-28-18-6-3-5-15(20(18)29-2)13-17-23(27)30-22(25-17)14-8-10-16(11-9-14)24-21(26)19-7-4-12-31-19/h3-13H,1-2H3,(H,24,26). The molecule has 1 N–H and O–H groups in total. The van der Waals surface area contributed by atoms with Crippen LogP contribution in [-0.4, -0.2) is 32.0 Å². The number of nitrogens with zero attached hydrogens (tertiary/aromatic N) is 1. The predicted molar refractivity (Wildman–Crippen MR) is 119 cm³/mol. The Morgan fingerprint density at radius 1 is 1.06 bits per heavy atom. The van der Waals surface area contributed by atoms with Gasteiger partial charge in [-0.3, -0.25) is 4.79 Å². The van der Waals surface area contributed by atoms with Crippen molar-refractivity contribution in [3.8, 4) is 11.5 Å². The zero-order chi connectivity index (χ0) is 21.8. The van der Waals surface area contributed by atoms with Crippen LogP contribution in [0.15, 0.2) is 70.7 Å². The van der Waals surface area contributed by atoms with Crippen molar-refractivity contribution < 1.29 is 23.8 Å². The summed E-state index contributed by atoms with van der Waals surface area (Å²) in [7, 11) is 3.07. The number of carbonyl (C=O) groups is 2. The zero-order valence-corrected chi connectivity index (χ0v) is 17.6. The molecule has 0 atom stereocenters. The number of esters is 1. The maximum atomic E-state index is 12.3. The Bertz CT molecular complexity index is 1180. The van der Waals surface area contributed by atoms with Crippen molar-refractivity contribution >= 4 is 40.9 Å². The molecule has 31 heavy (non-hydrogen) atoms. The second-order valence-corrected chi connectivity index (χ2v) is 7.38. The van der Waals surface area contributed by atoms with Gasteiger partial charge >= 0.3 is 5.97 Å². The molecule has 8 heteroatoms. The van der Waals surface area contributed by atoms with Crippen LogP contribution in [0.3, 0.4) is 0 Å². The first-order valence-electron chi connectivity index (χ1n) is 9.28. The number of cyclic esters (lactones) is 1. The monoisotopic (exact) mass is 434 g/mol. The van der Waals surface area contributed by atoms with Crippen molar-refractivity contribution in [1.82, 2.24) is 0 Å². The number of methoxy groups -OCH3 is 2. The minimum atomic E-state index is -0.560. The lowest BCUT2D eigenvalue weighted by Gasteiger charge is -2.09. The summed E-state index contributed by atoms with van der Waals surface area (Å²) in [6.07, 6.45) is 1.59. The lowest BCUT2D eigenvalue weighted by Crippen LogP contribution is -2.10. The molecule has 2 heterocycles. The Balaban J connectivity index is 1.55. The van der Waals surface area contributed by atoms with Gasteiger partial charge in [-0.25, -0.2) is 9.79 Å². The van der Waals surface area contributed by atoms with E-state index in [9.17, 15) is 9.59 Å². The van der Waals surface area contributed by atoms with E-state index in [1.165, 1.54) is 18.4 Å². The summed E-state index contributed by atoms with van der Waals surface area (Å²) in [4.78, 5) is 29.4. The van der Waals surface area contributed by atoms with Gasteiger partial charge in [0.05, 0.1) is 19.1 Å². The number of anilines is 1. The number of benzene rings is 2. The smallest absolute Gasteiger partial charge is 0.363 e. The number of rotatable bonds is 6. The molecule has 0 spiro atoms. The summed E-state index contributed by atoms with van der Waals surface area (Å²) in [6, 6.07) is 15.8. The van der Waals surface area contributed by atoms with Crippen LogP contribution < -0.4 is 14.8 Å². The molecule has 0 aliphatic carbocycles. The molecule has 0 radical (unpaired) electrons. The second kappa shape index (κ2) is 8.85. The van der Waals surface area contributed by atoms with Gasteiger partial charge in [0.2, 0.25) is 5.90 Å². The van der Waals surface area contributed by atoms with E-state index in [0.717, 1.165) is 0 Å². The predicted octanol–water partition coefficient (Wildman–Crippen LogP) is 4.36. The SMILES string of the molecule is COc1cccc(C=C2N=C(c3ccc(NC(=O)c4cccs4)cc3)OC2=O)c1OC. The Morgan fingerprint density at radius 3 is 2.55 bits per heavy atom. The fourth-order valence-corrected chi connectivity index (χ4v) is 3.62. The number of hydrogen-bond donors (Lipinski definition) is 1. The molecule has 0 saturated carbocycles. The maximum absolute atomic E-state index is 12.3. The van der Waals surface area contributed by atoms with E-state index in [1.54, 1.807) is 61.7 Å². The van der Waals surface area contributed by atoms with E-state index in [0.29, 0.717) is 33.2 Å². The van der Waals surface area contributed by atoms with Gasteiger partial charge in [-0.2, -0.15) is 0 Å². The summed E-state index contributed by atoms with van der Waals surface area (Å²) in [5.74, 6) is 0.501. The molecule has 1 aliphatic heterocycles. The van der Waals surface area contributed by atoms with Gasteiger partial charge in [0.25, 0.3) is 5.91 Å². The normalized spacial score (nSPS) is 14.2. The number of aliphatic imine (C=N–C) groups is 1. The first kappa shape index (κ1) is 20.4. The van der Waals surface area contributed by atoms with Gasteiger partial charge in [0.15, 0.2) is 17.2 Å². The van der Waals surface area contributed by atoms with E-state index >= 15 is 0 Å². The number of nitrogens with one attached hydrogen (secondary N) is 1. The van der Waals surface area contributed by atoms with Gasteiger partial charge in [-0.05, 0) is 47.9 Å². The Kier molecular flexibility index (Phi) is 5.81. The van der Waals surface area contributed by atoms with Crippen LogP contribution in [0.4, 0.5) is 5.69 Å². The molecule has 156 valence electrons. The zero-order valence-electron chi connectivity index (χ0n) is 16.7. The van der Waals surface area contributed by atoms with Crippen LogP contribution in [0, 0.1) is 0 Å². The fraction of sp³-hybridized carbons (Fsp3) is 0.0870. The van der Waals surface area contributed by atoms with E-state index in [1.807, 2.05) is 11.4 Å². The van der Waals surface area contributed by atoms with Crippen molar-refractivity contribution in [2.45, 2.75) is 0 Å². The number of carbonyl (C=O) groups excluding carboxylic acids is 2. The van der Waals surface area contributed by atoms with Crippen LogP contribution in [0.1, 0.15) is 20.8 Å². The topological polar surface area (TPSA) is 86.2 Å². The summed E-state index contributed by atoms with van der Waals surface area (Å²) in [5.41, 5.74) is 2.04. The second-order valence-electron chi connectivity index (χ2n) is 6.43. The number of thiophene rings is 1. The van der Waals surface area contributed by atoms with Gasteiger partial charge < -0.3 is 19.5 Å². The van der Waals surface area contributed by atoms with Crippen molar-refractivity contribution in [1.29, 1.82) is 0 Å². The average Bonchev–Trinajstić information content (AvgIpc) is 3.45. The highest BCUT2D eigenvalue weighted by atomic mass is 32.1. The molecule has 1 aromatic heterocycles. The fourth-order valence-electron chi connectivity index (χ4n) is 3.00. The largest absolute Gasteiger partial charge is 0.493 e. The van der Waals surface area contributed by atoms with Gasteiger partial charge in [0.1, 0.15) is 0 Å². The van der Waals surface area contributed by atoms with Crippen molar-refractivity contribution in [2.75, 3.05) is 19.5 Å². The van der Waals surface area contributed by atoms with Crippen molar-refractivity contribution in [3.63, 3.8) is 0 Å². The molecule has 3 aromatic rings. The summed E-state index contributed by atoms with van der Waals surface area (Å²) in [5, 5.41) is 4.67. The molecule has 0 saturated heterocycles. The number of ether oxygens (including phenoxy) is 3. The first-order chi connectivity index (χ1) is 15.1. The van der Waals surface area contributed by atoms with E-state index < -0.39 is 5.97 Å². The van der Waals surface area contributed by atoms with Crippen LogP contribution in [0.2, 0.25) is 0 Å². The molecule has 4 rings (SSSR count). The molecule has 0 unspecified atom stereocenters. The molecule has 7 nitrogen and oxygen atoms in total. The Labute approximate surface area is 182 Å². The molecule has 2 aromatic carbocycles. The highest BCUT2D eigenvalue weighted by molar-refractivity contribution is 7.12. The third kappa shape index (κ3) is 4.34. The lowest BCUT2D eigenvalue weighted by molar-refractivity contribution is -0.129. The maximum Gasteiger partial charge on any atom is 0.363 e. The molecular formula is C23H18N2O5S. The van der Waals surface area contributed by atoms with Gasteiger partial charge in [0, 0.05) is 16.8 Å². The first-order valence-corrected chi connectivity index (χ1v) is 10.2. The molecular weight excluding hydrogens is 416 g/mol. The molecule has 0 fully saturated rings. The van der Waals surface area contributed by atoms with Gasteiger partial charge in [-0.15, -0.1) is 11.3 Å². The van der Waals surface area contributed by atoms with Crippen LogP contribution in [-0.2, 0) is 9.53 Å².